The molecule has 4 heterocycles. The Morgan fingerprint density at radius 1 is 1.19 bits per heavy atom. The molecule has 2 N–H and O–H groups in total. The number of aromatic nitrogens is 3. The molecule has 11 heteroatoms. The second-order valence-corrected chi connectivity index (χ2v) is 7.99. The number of hydrogen-bond donors (Lipinski definition) is 2. The van der Waals surface area contributed by atoms with Crippen molar-refractivity contribution in [1.82, 2.24) is 30.1 Å². The molecule has 0 radical (unpaired) electrons. The van der Waals surface area contributed by atoms with Crippen LogP contribution in [0.4, 0.5) is 10.7 Å². The molecule has 4 rings (SSSR count). The first-order valence-electron chi connectivity index (χ1n) is 10.9. The van der Waals surface area contributed by atoms with E-state index in [1.165, 1.54) is 0 Å². The van der Waals surface area contributed by atoms with Gasteiger partial charge in [-0.3, -0.25) is 19.3 Å². The number of hydrogen-bond acceptors (Lipinski definition) is 7. The summed E-state index contributed by atoms with van der Waals surface area (Å²) in [5.74, 6) is 0.0372. The highest BCUT2D eigenvalue weighted by atomic mass is 16.2. The van der Waals surface area contributed by atoms with E-state index in [1.807, 2.05) is 24.8 Å². The zero-order valence-electron chi connectivity index (χ0n) is 18.3. The van der Waals surface area contributed by atoms with Gasteiger partial charge in [0.15, 0.2) is 0 Å². The molecule has 2 fully saturated rings. The second kappa shape index (κ2) is 8.93. The molecule has 0 saturated carbocycles. The number of amides is 4. The number of nitrogens with zero attached hydrogens (tertiary/aromatic N) is 5. The van der Waals surface area contributed by atoms with Crippen molar-refractivity contribution < 1.29 is 14.4 Å². The molecule has 2 aliphatic heterocycles. The summed E-state index contributed by atoms with van der Waals surface area (Å²) in [6, 6.07) is 1.37. The standard InChI is InChI=1S/C21H27N7O4/c1-3-26(4-2)20-22-10-14-16(25-20)9-15(24-19(14)31)13-5-7-27(8-6-13)18(30)12-28-17(29)11-23-21(28)32/h9-10,13H,3-8,11-12H2,1-2H3,(H,23,32)(H,24,31). The summed E-state index contributed by atoms with van der Waals surface area (Å²) in [6.07, 6.45) is 2.90. The maximum absolute atomic E-state index is 12.6. The van der Waals surface area contributed by atoms with Crippen LogP contribution in [0.15, 0.2) is 17.1 Å². The number of nitrogens with one attached hydrogen (secondary N) is 2. The number of aromatic amines is 1. The Balaban J connectivity index is 1.46. The molecule has 2 aromatic rings. The summed E-state index contributed by atoms with van der Waals surface area (Å²) in [5, 5.41) is 2.86. The quantitative estimate of drug-likeness (QED) is 0.621. The molecule has 0 atom stereocenters. The van der Waals surface area contributed by atoms with Crippen molar-refractivity contribution >= 4 is 34.7 Å². The maximum Gasteiger partial charge on any atom is 0.325 e. The van der Waals surface area contributed by atoms with Gasteiger partial charge in [-0.2, -0.15) is 0 Å². The molecule has 0 unspecified atom stereocenters. The Labute approximate surface area is 184 Å². The van der Waals surface area contributed by atoms with E-state index in [2.05, 4.69) is 20.3 Å². The number of H-pyrrole nitrogens is 1. The van der Waals surface area contributed by atoms with E-state index in [-0.39, 0.29) is 30.5 Å². The fourth-order valence-electron chi connectivity index (χ4n) is 4.22. The van der Waals surface area contributed by atoms with Crippen molar-refractivity contribution in [3.05, 3.63) is 28.3 Å². The van der Waals surface area contributed by atoms with Gasteiger partial charge in [-0.05, 0) is 32.8 Å². The van der Waals surface area contributed by atoms with Gasteiger partial charge in [0.2, 0.25) is 11.9 Å². The molecule has 0 aromatic carbocycles. The molecule has 2 aromatic heterocycles. The predicted octanol–water partition coefficient (Wildman–Crippen LogP) is 0.422. The van der Waals surface area contributed by atoms with Gasteiger partial charge < -0.3 is 20.1 Å². The first-order valence-corrected chi connectivity index (χ1v) is 10.9. The summed E-state index contributed by atoms with van der Waals surface area (Å²) in [7, 11) is 0. The average molecular weight is 441 g/mol. The van der Waals surface area contributed by atoms with Crippen LogP contribution in [0.2, 0.25) is 0 Å². The molecule has 170 valence electrons. The van der Waals surface area contributed by atoms with Crippen LogP contribution in [0, 0.1) is 0 Å². The molecule has 0 spiro atoms. The van der Waals surface area contributed by atoms with Gasteiger partial charge in [0, 0.05) is 44.0 Å². The van der Waals surface area contributed by atoms with Crippen LogP contribution in [0.5, 0.6) is 0 Å². The van der Waals surface area contributed by atoms with E-state index in [9.17, 15) is 19.2 Å². The third kappa shape index (κ3) is 4.14. The summed E-state index contributed by atoms with van der Waals surface area (Å²) >= 11 is 0. The molecule has 32 heavy (non-hydrogen) atoms. The van der Waals surface area contributed by atoms with Crippen molar-refractivity contribution in [2.75, 3.05) is 44.2 Å². The SMILES string of the molecule is CCN(CC)c1ncc2c(=O)[nH]c(C3CCN(C(=O)CN4C(=O)CNC4=O)CC3)cc2n1. The molecular weight excluding hydrogens is 414 g/mol. The normalized spacial score (nSPS) is 17.2. The molecule has 0 bridgehead atoms. The van der Waals surface area contributed by atoms with E-state index in [1.54, 1.807) is 11.1 Å². The molecule has 4 amide bonds. The van der Waals surface area contributed by atoms with Gasteiger partial charge in [0.25, 0.3) is 11.5 Å². The summed E-state index contributed by atoms with van der Waals surface area (Å²) in [6.45, 7) is 6.27. The number of piperidine rings is 1. The number of likely N-dealkylation sites (tertiary alicyclic amines) is 1. The van der Waals surface area contributed by atoms with Gasteiger partial charge in [0.1, 0.15) is 6.54 Å². The number of imide groups is 1. The number of urea groups is 1. The van der Waals surface area contributed by atoms with Crippen LogP contribution in [0.25, 0.3) is 10.9 Å². The Bertz CT molecular complexity index is 1090. The summed E-state index contributed by atoms with van der Waals surface area (Å²) in [4.78, 5) is 65.0. The lowest BCUT2D eigenvalue weighted by Gasteiger charge is -2.32. The fraction of sp³-hybridized carbons (Fsp3) is 0.524. The molecule has 2 aliphatic rings. The predicted molar refractivity (Wildman–Crippen MR) is 117 cm³/mol. The van der Waals surface area contributed by atoms with Crippen LogP contribution in [0.3, 0.4) is 0 Å². The van der Waals surface area contributed by atoms with Gasteiger partial charge in [-0.15, -0.1) is 0 Å². The first-order chi connectivity index (χ1) is 15.4. The van der Waals surface area contributed by atoms with E-state index >= 15 is 0 Å². The smallest absolute Gasteiger partial charge is 0.325 e. The summed E-state index contributed by atoms with van der Waals surface area (Å²) in [5.41, 5.74) is 1.19. The first kappa shape index (κ1) is 21.7. The van der Waals surface area contributed by atoms with E-state index in [0.29, 0.717) is 42.8 Å². The van der Waals surface area contributed by atoms with Gasteiger partial charge in [-0.25, -0.2) is 14.8 Å². The van der Waals surface area contributed by atoms with Crippen molar-refractivity contribution in [3.8, 4) is 0 Å². The maximum atomic E-state index is 12.6. The highest BCUT2D eigenvalue weighted by Crippen LogP contribution is 2.27. The Morgan fingerprint density at radius 2 is 1.91 bits per heavy atom. The Hall–Kier alpha value is -3.50. The minimum absolute atomic E-state index is 0.0664. The van der Waals surface area contributed by atoms with Crippen molar-refractivity contribution in [2.24, 2.45) is 0 Å². The number of carbonyl (C=O) groups is 3. The van der Waals surface area contributed by atoms with Crippen LogP contribution >= 0.6 is 0 Å². The zero-order chi connectivity index (χ0) is 22.8. The van der Waals surface area contributed by atoms with Gasteiger partial charge in [-0.1, -0.05) is 0 Å². The van der Waals surface area contributed by atoms with Gasteiger partial charge in [0.05, 0.1) is 17.4 Å². The zero-order valence-corrected chi connectivity index (χ0v) is 18.3. The van der Waals surface area contributed by atoms with Crippen molar-refractivity contribution in [1.29, 1.82) is 0 Å². The van der Waals surface area contributed by atoms with Crippen molar-refractivity contribution in [2.45, 2.75) is 32.6 Å². The highest BCUT2D eigenvalue weighted by molar-refractivity contribution is 6.04. The largest absolute Gasteiger partial charge is 0.341 e. The number of pyridine rings is 1. The van der Waals surface area contributed by atoms with Crippen LogP contribution < -0.4 is 15.8 Å². The molecular formula is C21H27N7O4. The fourth-order valence-corrected chi connectivity index (χ4v) is 4.22. The minimum atomic E-state index is -0.530. The monoisotopic (exact) mass is 441 g/mol. The summed E-state index contributed by atoms with van der Waals surface area (Å²) < 4.78 is 0. The lowest BCUT2D eigenvalue weighted by Crippen LogP contribution is -2.45. The third-order valence-corrected chi connectivity index (χ3v) is 6.16. The minimum Gasteiger partial charge on any atom is -0.341 e. The van der Waals surface area contributed by atoms with Crippen LogP contribution in [0.1, 0.15) is 38.3 Å². The lowest BCUT2D eigenvalue weighted by atomic mass is 9.92. The lowest BCUT2D eigenvalue weighted by molar-refractivity contribution is -0.137. The number of carbonyl (C=O) groups excluding carboxylic acids is 3. The van der Waals surface area contributed by atoms with Crippen molar-refractivity contribution in [3.63, 3.8) is 0 Å². The van der Waals surface area contributed by atoms with Crippen LogP contribution in [-0.2, 0) is 9.59 Å². The van der Waals surface area contributed by atoms with E-state index in [0.717, 1.165) is 23.7 Å². The van der Waals surface area contributed by atoms with Gasteiger partial charge >= 0.3 is 6.03 Å². The number of rotatable bonds is 6. The van der Waals surface area contributed by atoms with E-state index < -0.39 is 11.9 Å². The molecule has 2 saturated heterocycles. The third-order valence-electron chi connectivity index (χ3n) is 6.16. The van der Waals surface area contributed by atoms with E-state index in [4.69, 9.17) is 0 Å². The topological polar surface area (TPSA) is 132 Å². The number of anilines is 1. The Kier molecular flexibility index (Phi) is 6.06. The molecule has 11 nitrogen and oxygen atoms in total. The highest BCUT2D eigenvalue weighted by Gasteiger charge is 2.33. The van der Waals surface area contributed by atoms with Crippen LogP contribution in [-0.4, -0.2) is 81.9 Å². The number of fused-ring (bicyclic) bond motifs is 1. The molecule has 0 aliphatic carbocycles. The Morgan fingerprint density at radius 3 is 2.53 bits per heavy atom. The average Bonchev–Trinajstić information content (AvgIpc) is 3.12. The second-order valence-electron chi connectivity index (χ2n) is 7.99.